The molecule has 0 amide bonds. The molecule has 6 heteroatoms. The molecule has 1 fully saturated rings. The molecule has 1 atom stereocenters. The molecule has 0 saturated carbocycles. The Labute approximate surface area is 137 Å². The summed E-state index contributed by atoms with van der Waals surface area (Å²) in [5.74, 6) is 1.04. The van der Waals surface area contributed by atoms with Crippen LogP contribution < -0.4 is 5.32 Å². The minimum atomic E-state index is 0.521. The Morgan fingerprint density at radius 2 is 2.13 bits per heavy atom. The third kappa shape index (κ3) is 3.82. The van der Waals surface area contributed by atoms with Crippen molar-refractivity contribution in [2.75, 3.05) is 38.2 Å². The fraction of sp³-hybridized carbons (Fsp3) is 0.647. The highest BCUT2D eigenvalue weighted by Gasteiger charge is 2.19. The summed E-state index contributed by atoms with van der Waals surface area (Å²) in [4.78, 5) is 7.18. The van der Waals surface area contributed by atoms with Crippen molar-refractivity contribution in [1.82, 2.24) is 19.5 Å². The molecule has 1 aliphatic heterocycles. The van der Waals surface area contributed by atoms with E-state index in [9.17, 15) is 0 Å². The molecule has 0 aromatic carbocycles. The molecule has 1 N–H and O–H groups in total. The van der Waals surface area contributed by atoms with E-state index < -0.39 is 0 Å². The highest BCUT2D eigenvalue weighted by molar-refractivity contribution is 5.49. The van der Waals surface area contributed by atoms with Gasteiger partial charge in [0, 0.05) is 43.5 Å². The van der Waals surface area contributed by atoms with E-state index in [2.05, 4.69) is 40.2 Å². The maximum Gasteiger partial charge on any atom is 0.157 e. The van der Waals surface area contributed by atoms with Crippen LogP contribution in [0.3, 0.4) is 0 Å². The van der Waals surface area contributed by atoms with Gasteiger partial charge < -0.3 is 10.1 Å². The molecule has 1 saturated heterocycles. The van der Waals surface area contributed by atoms with Gasteiger partial charge in [0.15, 0.2) is 5.65 Å². The molecule has 0 spiro atoms. The Hall–Kier alpha value is -1.66. The summed E-state index contributed by atoms with van der Waals surface area (Å²) in [5, 5.41) is 7.99. The van der Waals surface area contributed by atoms with E-state index in [0.29, 0.717) is 6.04 Å². The summed E-state index contributed by atoms with van der Waals surface area (Å²) in [6.07, 6.45) is 5.03. The van der Waals surface area contributed by atoms with Crippen molar-refractivity contribution in [3.8, 4) is 0 Å². The molecule has 2 aromatic heterocycles. The van der Waals surface area contributed by atoms with Crippen molar-refractivity contribution in [3.05, 3.63) is 24.0 Å². The van der Waals surface area contributed by atoms with E-state index in [1.54, 1.807) is 0 Å². The third-order valence-electron chi connectivity index (χ3n) is 4.47. The van der Waals surface area contributed by atoms with Crippen molar-refractivity contribution in [2.45, 2.75) is 39.2 Å². The number of nitrogens with zero attached hydrogens (tertiary/aromatic N) is 4. The molecule has 1 aliphatic rings. The second-order valence-electron chi connectivity index (χ2n) is 6.08. The minimum Gasteiger partial charge on any atom is -0.379 e. The van der Waals surface area contributed by atoms with E-state index >= 15 is 0 Å². The van der Waals surface area contributed by atoms with Crippen molar-refractivity contribution >= 4 is 11.5 Å². The average Bonchev–Trinajstić information content (AvgIpc) is 3.05. The van der Waals surface area contributed by atoms with Crippen molar-refractivity contribution in [1.29, 1.82) is 0 Å². The minimum absolute atomic E-state index is 0.521. The zero-order chi connectivity index (χ0) is 16.1. The maximum absolute atomic E-state index is 5.46. The van der Waals surface area contributed by atoms with Crippen LogP contribution in [-0.4, -0.2) is 58.4 Å². The molecule has 126 valence electrons. The van der Waals surface area contributed by atoms with Gasteiger partial charge in [-0.1, -0.05) is 20.3 Å². The lowest BCUT2D eigenvalue weighted by molar-refractivity contribution is 0.0184. The van der Waals surface area contributed by atoms with Crippen LogP contribution in [0.4, 0.5) is 5.82 Å². The summed E-state index contributed by atoms with van der Waals surface area (Å²) in [7, 11) is 0. The lowest BCUT2D eigenvalue weighted by Crippen LogP contribution is -2.46. The first kappa shape index (κ1) is 16.2. The molecule has 0 aliphatic carbocycles. The molecular weight excluding hydrogens is 290 g/mol. The number of fused-ring (bicyclic) bond motifs is 1. The van der Waals surface area contributed by atoms with Gasteiger partial charge in [-0.15, -0.1) is 0 Å². The molecular formula is C17H27N5O. The second-order valence-corrected chi connectivity index (χ2v) is 6.08. The Kier molecular flexibility index (Phi) is 5.46. The fourth-order valence-corrected chi connectivity index (χ4v) is 3.17. The normalized spacial score (nSPS) is 17.5. The predicted molar refractivity (Wildman–Crippen MR) is 91.9 cm³/mol. The van der Waals surface area contributed by atoms with Gasteiger partial charge in [-0.05, 0) is 12.8 Å². The highest BCUT2D eigenvalue weighted by atomic mass is 16.5. The molecule has 23 heavy (non-hydrogen) atoms. The number of rotatable bonds is 7. The number of nitrogens with one attached hydrogen (secondary N) is 1. The zero-order valence-electron chi connectivity index (χ0n) is 14.2. The number of ether oxygens (including phenoxy) is 1. The van der Waals surface area contributed by atoms with E-state index in [1.807, 2.05) is 16.8 Å². The Balaban J connectivity index is 1.73. The van der Waals surface area contributed by atoms with Gasteiger partial charge in [0.25, 0.3) is 0 Å². The lowest BCUT2D eigenvalue weighted by Gasteiger charge is -2.34. The van der Waals surface area contributed by atoms with Gasteiger partial charge in [-0.25, -0.2) is 4.98 Å². The average molecular weight is 317 g/mol. The zero-order valence-corrected chi connectivity index (χ0v) is 14.2. The van der Waals surface area contributed by atoms with Gasteiger partial charge in [0.2, 0.25) is 0 Å². The topological polar surface area (TPSA) is 54.7 Å². The Morgan fingerprint density at radius 3 is 2.87 bits per heavy atom. The van der Waals surface area contributed by atoms with Crippen LogP contribution in [0.1, 0.15) is 32.4 Å². The van der Waals surface area contributed by atoms with Gasteiger partial charge in [0.1, 0.15) is 5.82 Å². The van der Waals surface area contributed by atoms with Crippen LogP contribution in [-0.2, 0) is 11.2 Å². The SMILES string of the molecule is CCCc1cc(NCC(CC)N2CCOCC2)n2nccc2n1. The maximum atomic E-state index is 5.46. The summed E-state index contributed by atoms with van der Waals surface area (Å²) in [6.45, 7) is 9.08. The molecule has 3 rings (SSSR count). The fourth-order valence-electron chi connectivity index (χ4n) is 3.17. The number of aryl methyl sites for hydroxylation is 1. The van der Waals surface area contributed by atoms with Crippen LogP contribution in [0.25, 0.3) is 5.65 Å². The molecule has 1 unspecified atom stereocenters. The van der Waals surface area contributed by atoms with Crippen LogP contribution in [0, 0.1) is 0 Å². The van der Waals surface area contributed by atoms with E-state index in [0.717, 1.165) is 69.3 Å². The first-order valence-electron chi connectivity index (χ1n) is 8.71. The van der Waals surface area contributed by atoms with E-state index in [1.165, 1.54) is 0 Å². The summed E-state index contributed by atoms with van der Waals surface area (Å²) in [6, 6.07) is 4.62. The summed E-state index contributed by atoms with van der Waals surface area (Å²) >= 11 is 0. The van der Waals surface area contributed by atoms with Crippen LogP contribution in [0.5, 0.6) is 0 Å². The molecule has 0 radical (unpaired) electrons. The summed E-state index contributed by atoms with van der Waals surface area (Å²) < 4.78 is 7.36. The van der Waals surface area contributed by atoms with E-state index in [-0.39, 0.29) is 0 Å². The first-order valence-corrected chi connectivity index (χ1v) is 8.71. The number of hydrogen-bond donors (Lipinski definition) is 1. The predicted octanol–water partition coefficient (Wildman–Crippen LogP) is 2.20. The number of aromatic nitrogens is 3. The number of anilines is 1. The summed E-state index contributed by atoms with van der Waals surface area (Å²) in [5.41, 5.74) is 2.04. The lowest BCUT2D eigenvalue weighted by atomic mass is 10.1. The van der Waals surface area contributed by atoms with Gasteiger partial charge in [-0.2, -0.15) is 9.61 Å². The largest absolute Gasteiger partial charge is 0.379 e. The monoisotopic (exact) mass is 317 g/mol. The number of morpholine rings is 1. The molecule has 3 heterocycles. The highest BCUT2D eigenvalue weighted by Crippen LogP contribution is 2.15. The Morgan fingerprint density at radius 1 is 1.30 bits per heavy atom. The van der Waals surface area contributed by atoms with Crippen molar-refractivity contribution in [3.63, 3.8) is 0 Å². The van der Waals surface area contributed by atoms with Crippen molar-refractivity contribution in [2.24, 2.45) is 0 Å². The van der Waals surface area contributed by atoms with Crippen LogP contribution in [0.15, 0.2) is 18.3 Å². The smallest absolute Gasteiger partial charge is 0.157 e. The van der Waals surface area contributed by atoms with Crippen LogP contribution >= 0.6 is 0 Å². The van der Waals surface area contributed by atoms with Crippen LogP contribution in [0.2, 0.25) is 0 Å². The van der Waals surface area contributed by atoms with Gasteiger partial charge in [-0.3, -0.25) is 4.90 Å². The van der Waals surface area contributed by atoms with E-state index in [4.69, 9.17) is 4.74 Å². The van der Waals surface area contributed by atoms with Crippen molar-refractivity contribution < 1.29 is 4.74 Å². The standard InChI is InChI=1S/C17H27N5O/c1-3-5-14-12-17(22-16(20-14)6-7-19-22)18-13-15(4-2)21-8-10-23-11-9-21/h6-7,12,15,18H,3-5,8-11,13H2,1-2H3. The Bertz CT molecular complexity index is 620. The third-order valence-corrected chi connectivity index (χ3v) is 4.47. The van der Waals surface area contributed by atoms with Gasteiger partial charge in [0.05, 0.1) is 19.4 Å². The second kappa shape index (κ2) is 7.75. The molecule has 6 nitrogen and oxygen atoms in total. The number of hydrogen-bond acceptors (Lipinski definition) is 5. The van der Waals surface area contributed by atoms with Gasteiger partial charge >= 0.3 is 0 Å². The quantitative estimate of drug-likeness (QED) is 0.848. The first-order chi connectivity index (χ1) is 11.3. The molecule has 0 bridgehead atoms. The molecule has 2 aromatic rings.